The van der Waals surface area contributed by atoms with Gasteiger partial charge in [-0.3, -0.25) is 0 Å². The minimum atomic E-state index is 0.0584. The van der Waals surface area contributed by atoms with Crippen LogP contribution in [0.5, 0.6) is 0 Å². The molecule has 5 nitrogen and oxygen atoms in total. The summed E-state index contributed by atoms with van der Waals surface area (Å²) in [6, 6.07) is 0.0584. The molecule has 0 spiro atoms. The Balaban J connectivity index is 2.17. The van der Waals surface area contributed by atoms with Gasteiger partial charge < -0.3 is 19.9 Å². The number of aromatic nitrogens is 2. The third-order valence-electron chi connectivity index (χ3n) is 3.59. The first-order valence-corrected chi connectivity index (χ1v) is 7.33. The third kappa shape index (κ3) is 3.28. The lowest BCUT2D eigenvalue weighted by molar-refractivity contribution is 0.0268. The third-order valence-corrected chi connectivity index (χ3v) is 3.59. The van der Waals surface area contributed by atoms with E-state index in [2.05, 4.69) is 29.5 Å². The standard InChI is InChI=1S/C14H26N4O/c1-4-6-17-9-12(5-2)16-14(17)18-7-8-19-13(10-18)11(3)15/h9,11,13H,4-8,10,15H2,1-3H3. The van der Waals surface area contributed by atoms with E-state index >= 15 is 0 Å². The molecule has 0 amide bonds. The zero-order chi connectivity index (χ0) is 13.8. The molecule has 2 unspecified atom stereocenters. The summed E-state index contributed by atoms with van der Waals surface area (Å²) in [6.45, 7) is 9.82. The van der Waals surface area contributed by atoms with Crippen LogP contribution in [0.15, 0.2) is 6.20 Å². The second-order valence-electron chi connectivity index (χ2n) is 5.29. The SMILES string of the molecule is CCCn1cc(CC)nc1N1CCOC(C(C)N)C1. The Labute approximate surface area is 115 Å². The number of rotatable bonds is 5. The Bertz CT molecular complexity index is 402. The van der Waals surface area contributed by atoms with Crippen molar-refractivity contribution in [3.8, 4) is 0 Å². The van der Waals surface area contributed by atoms with Gasteiger partial charge in [-0.05, 0) is 19.8 Å². The van der Waals surface area contributed by atoms with Crippen molar-refractivity contribution in [2.75, 3.05) is 24.6 Å². The van der Waals surface area contributed by atoms with Gasteiger partial charge in [0.2, 0.25) is 5.95 Å². The van der Waals surface area contributed by atoms with Crippen molar-refractivity contribution in [3.63, 3.8) is 0 Å². The number of imidazole rings is 1. The first kappa shape index (κ1) is 14.3. The highest BCUT2D eigenvalue weighted by Gasteiger charge is 2.26. The van der Waals surface area contributed by atoms with Crippen LogP contribution in [0.1, 0.15) is 32.9 Å². The lowest BCUT2D eigenvalue weighted by Gasteiger charge is -2.35. The molecule has 2 heterocycles. The summed E-state index contributed by atoms with van der Waals surface area (Å²) in [4.78, 5) is 7.07. The number of hydrogen-bond donors (Lipinski definition) is 1. The fourth-order valence-electron chi connectivity index (χ4n) is 2.46. The van der Waals surface area contributed by atoms with E-state index in [1.165, 1.54) is 0 Å². The van der Waals surface area contributed by atoms with Gasteiger partial charge in [-0.15, -0.1) is 0 Å². The fraction of sp³-hybridized carbons (Fsp3) is 0.786. The molecule has 5 heteroatoms. The molecule has 1 aliphatic rings. The molecule has 0 aliphatic carbocycles. The molecule has 19 heavy (non-hydrogen) atoms. The molecular weight excluding hydrogens is 240 g/mol. The number of hydrogen-bond acceptors (Lipinski definition) is 4. The van der Waals surface area contributed by atoms with Gasteiger partial charge in [0, 0.05) is 31.9 Å². The van der Waals surface area contributed by atoms with Crippen molar-refractivity contribution in [3.05, 3.63) is 11.9 Å². The van der Waals surface area contributed by atoms with E-state index in [9.17, 15) is 0 Å². The predicted molar refractivity (Wildman–Crippen MR) is 77.5 cm³/mol. The molecule has 1 aliphatic heterocycles. The van der Waals surface area contributed by atoms with Crippen molar-refractivity contribution < 1.29 is 4.74 Å². The molecule has 0 aromatic carbocycles. The molecule has 1 saturated heterocycles. The van der Waals surface area contributed by atoms with Gasteiger partial charge in [-0.2, -0.15) is 0 Å². The van der Waals surface area contributed by atoms with Crippen molar-refractivity contribution in [2.24, 2.45) is 5.73 Å². The van der Waals surface area contributed by atoms with Crippen molar-refractivity contribution in [2.45, 2.75) is 52.3 Å². The highest BCUT2D eigenvalue weighted by Crippen LogP contribution is 2.19. The maximum atomic E-state index is 5.96. The maximum Gasteiger partial charge on any atom is 0.205 e. The molecule has 0 bridgehead atoms. The van der Waals surface area contributed by atoms with E-state index < -0.39 is 0 Å². The van der Waals surface area contributed by atoms with Crippen LogP contribution in [0.25, 0.3) is 0 Å². The molecule has 2 rings (SSSR count). The van der Waals surface area contributed by atoms with Crippen molar-refractivity contribution in [1.82, 2.24) is 9.55 Å². The number of aryl methyl sites for hydroxylation is 2. The molecule has 108 valence electrons. The Morgan fingerprint density at radius 1 is 1.53 bits per heavy atom. The van der Waals surface area contributed by atoms with E-state index in [4.69, 9.17) is 15.5 Å². The fourth-order valence-corrected chi connectivity index (χ4v) is 2.46. The van der Waals surface area contributed by atoms with Crippen LogP contribution in [0, 0.1) is 0 Å². The average Bonchev–Trinajstić information content (AvgIpc) is 2.82. The number of nitrogens with zero attached hydrogens (tertiary/aromatic N) is 3. The monoisotopic (exact) mass is 266 g/mol. The zero-order valence-electron chi connectivity index (χ0n) is 12.3. The van der Waals surface area contributed by atoms with E-state index in [-0.39, 0.29) is 12.1 Å². The smallest absolute Gasteiger partial charge is 0.205 e. The van der Waals surface area contributed by atoms with E-state index in [0.717, 1.165) is 50.7 Å². The summed E-state index contributed by atoms with van der Waals surface area (Å²) < 4.78 is 7.99. The first-order chi connectivity index (χ1) is 9.15. The normalized spacial score (nSPS) is 21.7. The van der Waals surface area contributed by atoms with Gasteiger partial charge in [0.1, 0.15) is 0 Å². The predicted octanol–water partition coefficient (Wildman–Crippen LogP) is 1.41. The van der Waals surface area contributed by atoms with Crippen LogP contribution < -0.4 is 10.6 Å². The molecule has 0 saturated carbocycles. The van der Waals surface area contributed by atoms with Gasteiger partial charge in [-0.25, -0.2) is 4.98 Å². The Morgan fingerprint density at radius 3 is 2.95 bits per heavy atom. The quantitative estimate of drug-likeness (QED) is 0.875. The molecule has 1 fully saturated rings. The zero-order valence-corrected chi connectivity index (χ0v) is 12.3. The second kappa shape index (κ2) is 6.39. The number of nitrogens with two attached hydrogens (primary N) is 1. The maximum absolute atomic E-state index is 5.96. The minimum absolute atomic E-state index is 0.0584. The summed E-state index contributed by atoms with van der Waals surface area (Å²) in [7, 11) is 0. The summed E-state index contributed by atoms with van der Waals surface area (Å²) in [5.74, 6) is 1.08. The summed E-state index contributed by atoms with van der Waals surface area (Å²) in [5.41, 5.74) is 7.12. The lowest BCUT2D eigenvalue weighted by Crippen LogP contribution is -2.50. The van der Waals surface area contributed by atoms with E-state index in [0.29, 0.717) is 0 Å². The van der Waals surface area contributed by atoms with Crippen molar-refractivity contribution in [1.29, 1.82) is 0 Å². The number of anilines is 1. The molecule has 2 atom stereocenters. The Kier molecular flexibility index (Phi) is 4.82. The molecular formula is C14H26N4O. The van der Waals surface area contributed by atoms with E-state index in [1.807, 2.05) is 6.92 Å². The first-order valence-electron chi connectivity index (χ1n) is 7.33. The largest absolute Gasteiger partial charge is 0.373 e. The summed E-state index contributed by atoms with van der Waals surface area (Å²) >= 11 is 0. The highest BCUT2D eigenvalue weighted by molar-refractivity contribution is 5.34. The van der Waals surface area contributed by atoms with Crippen LogP contribution in [0.4, 0.5) is 5.95 Å². The van der Waals surface area contributed by atoms with Gasteiger partial charge in [-0.1, -0.05) is 13.8 Å². The topological polar surface area (TPSA) is 56.3 Å². The van der Waals surface area contributed by atoms with E-state index in [1.54, 1.807) is 0 Å². The van der Waals surface area contributed by atoms with Crippen molar-refractivity contribution >= 4 is 5.95 Å². The summed E-state index contributed by atoms with van der Waals surface area (Å²) in [6.07, 6.45) is 4.37. The van der Waals surface area contributed by atoms with Gasteiger partial charge in [0.15, 0.2) is 0 Å². The van der Waals surface area contributed by atoms with Crippen LogP contribution in [-0.4, -0.2) is 41.4 Å². The Morgan fingerprint density at radius 2 is 2.32 bits per heavy atom. The molecule has 2 N–H and O–H groups in total. The van der Waals surface area contributed by atoms with Gasteiger partial charge in [0.05, 0.1) is 18.4 Å². The average molecular weight is 266 g/mol. The lowest BCUT2D eigenvalue weighted by atomic mass is 10.1. The van der Waals surface area contributed by atoms with Crippen LogP contribution in [-0.2, 0) is 17.7 Å². The number of ether oxygens (including phenoxy) is 1. The molecule has 1 aromatic heterocycles. The highest BCUT2D eigenvalue weighted by atomic mass is 16.5. The van der Waals surface area contributed by atoms with Crippen LogP contribution in [0.2, 0.25) is 0 Å². The Hall–Kier alpha value is -1.07. The molecule has 0 radical (unpaired) electrons. The second-order valence-corrected chi connectivity index (χ2v) is 5.29. The summed E-state index contributed by atoms with van der Waals surface area (Å²) in [5, 5.41) is 0. The van der Waals surface area contributed by atoms with Crippen LogP contribution >= 0.6 is 0 Å². The number of morpholine rings is 1. The van der Waals surface area contributed by atoms with Gasteiger partial charge >= 0.3 is 0 Å². The van der Waals surface area contributed by atoms with Gasteiger partial charge in [0.25, 0.3) is 0 Å². The minimum Gasteiger partial charge on any atom is -0.373 e. The van der Waals surface area contributed by atoms with Crippen LogP contribution in [0.3, 0.4) is 0 Å². The molecule has 1 aromatic rings.